The van der Waals surface area contributed by atoms with Crippen molar-refractivity contribution < 1.29 is 29.3 Å². The molecule has 0 aromatic heterocycles. The molecular weight excluding hydrogens is 349 g/mol. The third kappa shape index (κ3) is 11.7. The van der Waals surface area contributed by atoms with E-state index >= 15 is 0 Å². The normalized spacial score (nSPS) is 9.70. The van der Waals surface area contributed by atoms with E-state index in [1.807, 2.05) is 6.07 Å². The van der Waals surface area contributed by atoms with Gasteiger partial charge in [-0.2, -0.15) is 0 Å². The SMILES string of the molecule is COCCNCCCOc1ccc(Cl)c(Cl)c1.O=C(O)C(=O)O. The zero-order chi connectivity index (χ0) is 17.7. The molecule has 0 saturated carbocycles. The van der Waals surface area contributed by atoms with Gasteiger partial charge in [0.2, 0.25) is 0 Å². The molecule has 0 aliphatic heterocycles. The van der Waals surface area contributed by atoms with Gasteiger partial charge in [0.05, 0.1) is 23.3 Å². The molecule has 0 amide bonds. The number of carboxylic acid groups (broad SMARTS) is 2. The molecule has 0 atom stereocenters. The van der Waals surface area contributed by atoms with Crippen LogP contribution < -0.4 is 10.1 Å². The highest BCUT2D eigenvalue weighted by molar-refractivity contribution is 6.42. The summed E-state index contributed by atoms with van der Waals surface area (Å²) in [6.07, 6.45) is 0.934. The van der Waals surface area contributed by atoms with Crippen molar-refractivity contribution in [3.8, 4) is 5.75 Å². The number of methoxy groups -OCH3 is 1. The van der Waals surface area contributed by atoms with Crippen molar-refractivity contribution in [3.63, 3.8) is 0 Å². The average molecular weight is 368 g/mol. The Labute approximate surface area is 144 Å². The summed E-state index contributed by atoms with van der Waals surface area (Å²) in [6.45, 7) is 3.15. The summed E-state index contributed by atoms with van der Waals surface area (Å²) >= 11 is 11.7. The summed E-state index contributed by atoms with van der Waals surface area (Å²) in [5.41, 5.74) is 0. The summed E-state index contributed by atoms with van der Waals surface area (Å²) in [7, 11) is 1.69. The molecule has 0 heterocycles. The first-order valence-corrected chi connectivity index (χ1v) is 7.37. The van der Waals surface area contributed by atoms with Crippen LogP contribution >= 0.6 is 23.2 Å². The number of ether oxygens (including phenoxy) is 2. The van der Waals surface area contributed by atoms with E-state index < -0.39 is 11.9 Å². The van der Waals surface area contributed by atoms with Gasteiger partial charge in [0.1, 0.15) is 5.75 Å². The van der Waals surface area contributed by atoms with Crippen molar-refractivity contribution in [2.24, 2.45) is 0 Å². The molecule has 3 N–H and O–H groups in total. The fraction of sp³-hybridized carbons (Fsp3) is 0.429. The highest BCUT2D eigenvalue weighted by atomic mass is 35.5. The number of hydrogen-bond donors (Lipinski definition) is 3. The summed E-state index contributed by atoms with van der Waals surface area (Å²) in [4.78, 5) is 18.2. The molecule has 1 aromatic rings. The number of carbonyl (C=O) groups is 2. The third-order valence-corrected chi connectivity index (χ3v) is 3.06. The molecule has 1 rings (SSSR count). The van der Waals surface area contributed by atoms with Gasteiger partial charge >= 0.3 is 11.9 Å². The topological polar surface area (TPSA) is 105 Å². The van der Waals surface area contributed by atoms with Gasteiger partial charge in [-0.1, -0.05) is 23.2 Å². The second-order valence-corrected chi connectivity index (χ2v) is 4.95. The Morgan fingerprint density at radius 2 is 1.74 bits per heavy atom. The third-order valence-electron chi connectivity index (χ3n) is 2.32. The summed E-state index contributed by atoms with van der Waals surface area (Å²) < 4.78 is 10.5. The molecule has 0 bridgehead atoms. The average Bonchev–Trinajstić information content (AvgIpc) is 2.50. The molecular formula is C14H19Cl2NO6. The predicted molar refractivity (Wildman–Crippen MR) is 86.6 cm³/mol. The number of rotatable bonds is 8. The van der Waals surface area contributed by atoms with E-state index in [0.717, 1.165) is 31.9 Å². The lowest BCUT2D eigenvalue weighted by Crippen LogP contribution is -2.21. The smallest absolute Gasteiger partial charge is 0.414 e. The van der Waals surface area contributed by atoms with Crippen LogP contribution in [0.1, 0.15) is 6.42 Å². The van der Waals surface area contributed by atoms with Crippen LogP contribution in [0.3, 0.4) is 0 Å². The lowest BCUT2D eigenvalue weighted by atomic mass is 10.3. The van der Waals surface area contributed by atoms with Crippen LogP contribution in [0.4, 0.5) is 0 Å². The number of nitrogens with one attached hydrogen (secondary N) is 1. The molecule has 0 aliphatic rings. The first-order valence-electron chi connectivity index (χ1n) is 6.62. The zero-order valence-electron chi connectivity index (χ0n) is 12.6. The second kappa shape index (κ2) is 13.0. The van der Waals surface area contributed by atoms with Crippen LogP contribution in [0.15, 0.2) is 18.2 Å². The van der Waals surface area contributed by atoms with Crippen LogP contribution in [0, 0.1) is 0 Å². The van der Waals surface area contributed by atoms with E-state index in [0.29, 0.717) is 16.7 Å². The van der Waals surface area contributed by atoms with E-state index in [1.54, 1.807) is 19.2 Å². The van der Waals surface area contributed by atoms with Gasteiger partial charge in [0, 0.05) is 19.7 Å². The standard InChI is InChI=1S/C12H17Cl2NO2.C2H2O4/c1-16-8-6-15-5-2-7-17-10-3-4-11(13)12(14)9-10;3-1(4)2(5)6/h3-4,9,15H,2,5-8H2,1H3;(H,3,4)(H,5,6). The van der Waals surface area contributed by atoms with E-state index in [2.05, 4.69) is 5.32 Å². The molecule has 23 heavy (non-hydrogen) atoms. The van der Waals surface area contributed by atoms with Crippen LogP contribution in [-0.4, -0.2) is 55.6 Å². The summed E-state index contributed by atoms with van der Waals surface area (Å²) in [5.74, 6) is -2.90. The summed E-state index contributed by atoms with van der Waals surface area (Å²) in [6, 6.07) is 5.27. The number of benzene rings is 1. The Balaban J connectivity index is 0.000000688. The van der Waals surface area contributed by atoms with Gasteiger partial charge in [-0.25, -0.2) is 9.59 Å². The molecule has 0 saturated heterocycles. The van der Waals surface area contributed by atoms with Gasteiger partial charge in [-0.3, -0.25) is 0 Å². The molecule has 0 aliphatic carbocycles. The lowest BCUT2D eigenvalue weighted by molar-refractivity contribution is -0.159. The maximum absolute atomic E-state index is 9.10. The molecule has 1 aromatic carbocycles. The first-order chi connectivity index (χ1) is 10.9. The van der Waals surface area contributed by atoms with Crippen LogP contribution in [0.2, 0.25) is 10.0 Å². The van der Waals surface area contributed by atoms with Gasteiger partial charge in [-0.15, -0.1) is 0 Å². The lowest BCUT2D eigenvalue weighted by Gasteiger charge is -2.07. The summed E-state index contributed by atoms with van der Waals surface area (Å²) in [5, 5.41) is 19.1. The number of aliphatic carboxylic acids is 2. The predicted octanol–water partition coefficient (Wildman–Crippen LogP) is 2.15. The second-order valence-electron chi connectivity index (χ2n) is 4.13. The fourth-order valence-electron chi connectivity index (χ4n) is 1.25. The van der Waals surface area contributed by atoms with Crippen molar-refractivity contribution in [2.75, 3.05) is 33.4 Å². The Morgan fingerprint density at radius 1 is 1.09 bits per heavy atom. The molecule has 0 fully saturated rings. The van der Waals surface area contributed by atoms with E-state index in [4.69, 9.17) is 52.5 Å². The van der Waals surface area contributed by atoms with Gasteiger partial charge in [0.15, 0.2) is 0 Å². The van der Waals surface area contributed by atoms with Gasteiger partial charge in [0.25, 0.3) is 0 Å². The van der Waals surface area contributed by atoms with E-state index in [-0.39, 0.29) is 0 Å². The minimum atomic E-state index is -1.82. The van der Waals surface area contributed by atoms with Crippen molar-refractivity contribution in [3.05, 3.63) is 28.2 Å². The van der Waals surface area contributed by atoms with Crippen LogP contribution in [0.5, 0.6) is 5.75 Å². The van der Waals surface area contributed by atoms with Crippen LogP contribution in [-0.2, 0) is 14.3 Å². The Hall–Kier alpha value is -1.54. The molecule has 0 radical (unpaired) electrons. The van der Waals surface area contributed by atoms with Gasteiger partial charge < -0.3 is 25.0 Å². The fourth-order valence-corrected chi connectivity index (χ4v) is 1.54. The maximum Gasteiger partial charge on any atom is 0.414 e. The number of halogens is 2. The Morgan fingerprint density at radius 3 is 2.26 bits per heavy atom. The van der Waals surface area contributed by atoms with Crippen molar-refractivity contribution in [1.29, 1.82) is 0 Å². The monoisotopic (exact) mass is 367 g/mol. The van der Waals surface area contributed by atoms with Crippen molar-refractivity contribution in [1.82, 2.24) is 5.32 Å². The quantitative estimate of drug-likeness (QED) is 0.477. The largest absolute Gasteiger partial charge is 0.493 e. The Kier molecular flexibility index (Phi) is 12.1. The maximum atomic E-state index is 9.10. The van der Waals surface area contributed by atoms with E-state index in [9.17, 15) is 0 Å². The molecule has 0 unspecified atom stereocenters. The minimum absolute atomic E-state index is 0.516. The number of hydrogen-bond acceptors (Lipinski definition) is 5. The molecule has 0 spiro atoms. The molecule has 7 nitrogen and oxygen atoms in total. The van der Waals surface area contributed by atoms with E-state index in [1.165, 1.54) is 0 Å². The van der Waals surface area contributed by atoms with Crippen LogP contribution in [0.25, 0.3) is 0 Å². The highest BCUT2D eigenvalue weighted by Gasteiger charge is 2.04. The molecule has 130 valence electrons. The zero-order valence-corrected chi connectivity index (χ0v) is 14.1. The Bertz CT molecular complexity index is 486. The highest BCUT2D eigenvalue weighted by Crippen LogP contribution is 2.26. The minimum Gasteiger partial charge on any atom is -0.493 e. The van der Waals surface area contributed by atoms with Gasteiger partial charge in [-0.05, 0) is 25.1 Å². The van der Waals surface area contributed by atoms with Crippen molar-refractivity contribution >= 4 is 35.1 Å². The molecule has 9 heteroatoms. The van der Waals surface area contributed by atoms with Crippen molar-refractivity contribution in [2.45, 2.75) is 6.42 Å². The number of carboxylic acids is 2. The first kappa shape index (κ1) is 21.5.